The van der Waals surface area contributed by atoms with E-state index in [-0.39, 0.29) is 5.69 Å². The molecule has 0 aliphatic carbocycles. The number of hydrogen-bond acceptors (Lipinski definition) is 2. The number of aromatic nitrogens is 2. The van der Waals surface area contributed by atoms with Crippen molar-refractivity contribution >= 4 is 33.6 Å². The molecule has 0 bridgehead atoms. The zero-order valence-corrected chi connectivity index (χ0v) is 12.0. The molecule has 0 aliphatic heterocycles. The summed E-state index contributed by atoms with van der Waals surface area (Å²) in [5.41, 5.74) is 2.82. The number of benzene rings is 2. The van der Waals surface area contributed by atoms with E-state index in [0.29, 0.717) is 5.52 Å². The molecule has 19 heavy (non-hydrogen) atoms. The minimum absolute atomic E-state index is 0.240. The van der Waals surface area contributed by atoms with E-state index in [0.717, 1.165) is 20.2 Å². The van der Waals surface area contributed by atoms with E-state index in [2.05, 4.69) is 32.6 Å². The van der Waals surface area contributed by atoms with Crippen molar-refractivity contribution in [1.29, 1.82) is 0 Å². The number of rotatable bonds is 2. The molecule has 0 fully saturated rings. The van der Waals surface area contributed by atoms with Crippen LogP contribution in [0.4, 0.5) is 0 Å². The summed E-state index contributed by atoms with van der Waals surface area (Å²) in [6.45, 7) is 0. The molecule has 1 heterocycles. The van der Waals surface area contributed by atoms with Gasteiger partial charge in [-0.1, -0.05) is 24.3 Å². The molecule has 0 saturated heterocycles. The first-order chi connectivity index (χ1) is 9.15. The summed E-state index contributed by atoms with van der Waals surface area (Å²) < 4.78 is 1.01. The minimum Gasteiger partial charge on any atom is -0.384 e. The zero-order chi connectivity index (χ0) is 13.4. The van der Waals surface area contributed by atoms with E-state index in [9.17, 15) is 9.90 Å². The summed E-state index contributed by atoms with van der Waals surface area (Å²) in [6, 6.07) is 13.1. The monoisotopic (exact) mass is 366 g/mol. The SMILES string of the molecule is O=c1[nH]c2ccc(C(O)c3ccccc3I)cc2[nH]1. The topological polar surface area (TPSA) is 68.9 Å². The quantitative estimate of drug-likeness (QED) is 0.611. The maximum absolute atomic E-state index is 11.2. The van der Waals surface area contributed by atoms with Crippen LogP contribution in [0, 0.1) is 3.57 Å². The van der Waals surface area contributed by atoms with Crippen molar-refractivity contribution in [3.8, 4) is 0 Å². The van der Waals surface area contributed by atoms with Crippen molar-refractivity contribution in [1.82, 2.24) is 9.97 Å². The van der Waals surface area contributed by atoms with Crippen molar-refractivity contribution in [3.05, 3.63) is 67.6 Å². The summed E-state index contributed by atoms with van der Waals surface area (Å²) in [4.78, 5) is 16.6. The standard InChI is InChI=1S/C14H11IN2O2/c15-10-4-2-1-3-9(10)13(18)8-5-6-11-12(7-8)17-14(19)16-11/h1-7,13,18H,(H2,16,17,19). The van der Waals surface area contributed by atoms with Crippen LogP contribution in [0.5, 0.6) is 0 Å². The number of H-pyrrole nitrogens is 2. The van der Waals surface area contributed by atoms with E-state index in [1.54, 1.807) is 12.1 Å². The average molecular weight is 366 g/mol. The Bertz CT molecular complexity index is 791. The van der Waals surface area contributed by atoms with Crippen LogP contribution in [0.2, 0.25) is 0 Å². The van der Waals surface area contributed by atoms with Gasteiger partial charge in [-0.2, -0.15) is 0 Å². The Morgan fingerprint density at radius 1 is 1.05 bits per heavy atom. The van der Waals surface area contributed by atoms with Gasteiger partial charge in [0.2, 0.25) is 0 Å². The number of nitrogens with one attached hydrogen (secondary N) is 2. The van der Waals surface area contributed by atoms with Gasteiger partial charge in [0, 0.05) is 3.57 Å². The Balaban J connectivity index is 2.08. The number of aliphatic hydroxyl groups excluding tert-OH is 1. The fourth-order valence-corrected chi connectivity index (χ4v) is 2.78. The fraction of sp³-hybridized carbons (Fsp3) is 0.0714. The van der Waals surface area contributed by atoms with Gasteiger partial charge in [0.15, 0.2) is 0 Å². The van der Waals surface area contributed by atoms with Gasteiger partial charge < -0.3 is 15.1 Å². The van der Waals surface area contributed by atoms with E-state index in [1.807, 2.05) is 30.3 Å². The number of imidazole rings is 1. The third-order valence-corrected chi connectivity index (χ3v) is 4.04. The van der Waals surface area contributed by atoms with Gasteiger partial charge in [-0.3, -0.25) is 0 Å². The van der Waals surface area contributed by atoms with Crippen molar-refractivity contribution in [2.24, 2.45) is 0 Å². The molecular weight excluding hydrogens is 355 g/mol. The van der Waals surface area contributed by atoms with Gasteiger partial charge in [-0.15, -0.1) is 0 Å². The first-order valence-corrected chi connectivity index (χ1v) is 6.87. The molecule has 1 aromatic heterocycles. The van der Waals surface area contributed by atoms with Gasteiger partial charge in [-0.25, -0.2) is 4.79 Å². The Kier molecular flexibility index (Phi) is 3.16. The van der Waals surface area contributed by atoms with E-state index in [4.69, 9.17) is 0 Å². The smallest absolute Gasteiger partial charge is 0.323 e. The molecule has 2 aromatic carbocycles. The summed E-state index contributed by atoms with van der Waals surface area (Å²) in [6.07, 6.45) is -0.698. The number of hydrogen-bond donors (Lipinski definition) is 3. The molecule has 3 rings (SSSR count). The first kappa shape index (κ1) is 12.4. The van der Waals surface area contributed by atoms with Crippen LogP contribution in [0.1, 0.15) is 17.2 Å². The van der Waals surface area contributed by atoms with Crippen molar-refractivity contribution in [2.75, 3.05) is 0 Å². The van der Waals surface area contributed by atoms with Crippen LogP contribution >= 0.6 is 22.6 Å². The number of aromatic amines is 2. The Morgan fingerprint density at radius 2 is 1.79 bits per heavy atom. The van der Waals surface area contributed by atoms with Gasteiger partial charge >= 0.3 is 5.69 Å². The van der Waals surface area contributed by atoms with Crippen LogP contribution in [-0.4, -0.2) is 15.1 Å². The highest BCUT2D eigenvalue weighted by atomic mass is 127. The maximum atomic E-state index is 11.2. The molecule has 0 saturated carbocycles. The normalized spacial score (nSPS) is 12.7. The van der Waals surface area contributed by atoms with Crippen LogP contribution in [-0.2, 0) is 0 Å². The second-order valence-electron chi connectivity index (χ2n) is 4.31. The van der Waals surface area contributed by atoms with Gasteiger partial charge in [0.1, 0.15) is 6.10 Å². The predicted octanol–water partition coefficient (Wildman–Crippen LogP) is 2.54. The number of halogens is 1. The molecule has 0 spiro atoms. The molecule has 96 valence electrons. The highest BCUT2D eigenvalue weighted by Gasteiger charge is 2.14. The summed E-state index contributed by atoms with van der Waals surface area (Å²) >= 11 is 2.20. The Labute approximate surface area is 122 Å². The number of aliphatic hydroxyl groups is 1. The second kappa shape index (κ2) is 4.82. The molecule has 0 aliphatic rings. The Morgan fingerprint density at radius 3 is 2.58 bits per heavy atom. The molecular formula is C14H11IN2O2. The van der Waals surface area contributed by atoms with E-state index >= 15 is 0 Å². The average Bonchev–Trinajstić information content (AvgIpc) is 2.77. The molecule has 1 unspecified atom stereocenters. The molecule has 3 aromatic rings. The van der Waals surface area contributed by atoms with E-state index in [1.165, 1.54) is 0 Å². The lowest BCUT2D eigenvalue weighted by molar-refractivity contribution is 0.219. The highest BCUT2D eigenvalue weighted by Crippen LogP contribution is 2.27. The summed E-state index contributed by atoms with van der Waals surface area (Å²) in [5, 5.41) is 10.4. The summed E-state index contributed by atoms with van der Waals surface area (Å²) in [5.74, 6) is 0. The molecule has 4 nitrogen and oxygen atoms in total. The molecule has 5 heteroatoms. The van der Waals surface area contributed by atoms with Crippen LogP contribution in [0.25, 0.3) is 11.0 Å². The lowest BCUT2D eigenvalue weighted by atomic mass is 10.0. The lowest BCUT2D eigenvalue weighted by Crippen LogP contribution is -2.01. The molecule has 0 amide bonds. The lowest BCUT2D eigenvalue weighted by Gasteiger charge is -2.13. The predicted molar refractivity (Wildman–Crippen MR) is 82.1 cm³/mol. The van der Waals surface area contributed by atoms with Crippen LogP contribution in [0.15, 0.2) is 47.3 Å². The van der Waals surface area contributed by atoms with Gasteiger partial charge in [0.05, 0.1) is 11.0 Å². The van der Waals surface area contributed by atoms with E-state index < -0.39 is 6.10 Å². The minimum atomic E-state index is -0.698. The molecule has 0 radical (unpaired) electrons. The third kappa shape index (κ3) is 2.31. The largest absolute Gasteiger partial charge is 0.384 e. The molecule has 1 atom stereocenters. The van der Waals surface area contributed by atoms with Crippen molar-refractivity contribution in [3.63, 3.8) is 0 Å². The fourth-order valence-electron chi connectivity index (χ4n) is 2.10. The van der Waals surface area contributed by atoms with Crippen molar-refractivity contribution < 1.29 is 5.11 Å². The van der Waals surface area contributed by atoms with Crippen molar-refractivity contribution in [2.45, 2.75) is 6.10 Å². The maximum Gasteiger partial charge on any atom is 0.323 e. The summed E-state index contributed by atoms with van der Waals surface area (Å²) in [7, 11) is 0. The van der Waals surface area contributed by atoms with Gasteiger partial charge in [0.25, 0.3) is 0 Å². The Hall–Kier alpha value is -1.60. The first-order valence-electron chi connectivity index (χ1n) is 5.79. The van der Waals surface area contributed by atoms with Gasteiger partial charge in [-0.05, 0) is 51.9 Å². The number of fused-ring (bicyclic) bond motifs is 1. The molecule has 3 N–H and O–H groups in total. The van der Waals surface area contributed by atoms with Crippen LogP contribution < -0.4 is 5.69 Å². The zero-order valence-electron chi connectivity index (χ0n) is 9.85. The highest BCUT2D eigenvalue weighted by molar-refractivity contribution is 14.1. The van der Waals surface area contributed by atoms with Crippen LogP contribution in [0.3, 0.4) is 0 Å². The third-order valence-electron chi connectivity index (χ3n) is 3.06. The second-order valence-corrected chi connectivity index (χ2v) is 5.47.